The number of carbonyl (C=O) groups excluding carboxylic acids is 1. The van der Waals surface area contributed by atoms with E-state index in [1.807, 2.05) is 0 Å². The number of unbranched alkanes of at least 4 members (excludes halogenated alkanes) is 2. The molecule has 1 aromatic heterocycles. The van der Waals surface area contributed by atoms with Crippen molar-refractivity contribution in [3.63, 3.8) is 0 Å². The molecular weight excluding hydrogens is 194 g/mol. The van der Waals surface area contributed by atoms with Gasteiger partial charge >= 0.3 is 0 Å². The number of hydrogen-bond donors (Lipinski definition) is 1. The average Bonchev–Trinajstić information content (AvgIpc) is 2.59. The molecule has 1 N–H and O–H groups in total. The maximum Gasteiger partial charge on any atom is 0.227 e. The fraction of sp³-hybridized carbons (Fsp3) is 0.700. The number of aryl methyl sites for hydroxylation is 1. The van der Waals surface area contributed by atoms with Crippen LogP contribution in [0, 0.1) is 6.92 Å². The molecule has 84 valence electrons. The Morgan fingerprint density at radius 3 is 2.87 bits per heavy atom. The van der Waals surface area contributed by atoms with Gasteiger partial charge in [-0.1, -0.05) is 24.9 Å². The zero-order valence-corrected chi connectivity index (χ0v) is 9.25. The number of nitrogens with one attached hydrogen (secondary N) is 1. The molecule has 0 aliphatic rings. The highest BCUT2D eigenvalue weighted by Crippen LogP contribution is 1.96. The van der Waals surface area contributed by atoms with Crippen LogP contribution >= 0.6 is 0 Å². The highest BCUT2D eigenvalue weighted by molar-refractivity contribution is 5.77. The molecule has 0 fully saturated rings. The van der Waals surface area contributed by atoms with E-state index in [1.165, 1.54) is 0 Å². The standard InChI is InChI=1S/C10H17N3O2/c1-3-4-5-6-11-10(14)7-9-12-8(2)15-13-9/h3-7H2,1-2H3,(H,11,14). The molecule has 0 aliphatic carbocycles. The van der Waals surface area contributed by atoms with Gasteiger partial charge in [0.1, 0.15) is 0 Å². The van der Waals surface area contributed by atoms with E-state index in [1.54, 1.807) is 6.92 Å². The lowest BCUT2D eigenvalue weighted by Gasteiger charge is -2.01. The molecule has 1 rings (SSSR count). The van der Waals surface area contributed by atoms with E-state index in [0.29, 0.717) is 11.7 Å². The summed E-state index contributed by atoms with van der Waals surface area (Å²) in [7, 11) is 0. The van der Waals surface area contributed by atoms with Crippen molar-refractivity contribution in [1.29, 1.82) is 0 Å². The molecule has 0 saturated carbocycles. The minimum absolute atomic E-state index is 0.0492. The van der Waals surface area contributed by atoms with Crippen LogP contribution in [0.15, 0.2) is 4.52 Å². The molecule has 1 aromatic rings. The summed E-state index contributed by atoms with van der Waals surface area (Å²) >= 11 is 0. The summed E-state index contributed by atoms with van der Waals surface area (Å²) in [5.41, 5.74) is 0. The van der Waals surface area contributed by atoms with Crippen LogP contribution in [0.5, 0.6) is 0 Å². The first kappa shape index (κ1) is 11.7. The van der Waals surface area contributed by atoms with Gasteiger partial charge in [0.05, 0.1) is 6.42 Å². The summed E-state index contributed by atoms with van der Waals surface area (Å²) in [6.07, 6.45) is 3.51. The van der Waals surface area contributed by atoms with Gasteiger partial charge in [-0.3, -0.25) is 4.79 Å². The van der Waals surface area contributed by atoms with Crippen LogP contribution in [-0.2, 0) is 11.2 Å². The Kier molecular flexibility index (Phi) is 4.80. The van der Waals surface area contributed by atoms with Gasteiger partial charge in [-0.2, -0.15) is 4.98 Å². The van der Waals surface area contributed by atoms with E-state index in [0.717, 1.165) is 25.8 Å². The molecule has 0 aromatic carbocycles. The Hall–Kier alpha value is -1.39. The summed E-state index contributed by atoms with van der Waals surface area (Å²) in [6.45, 7) is 4.56. The van der Waals surface area contributed by atoms with E-state index in [4.69, 9.17) is 4.52 Å². The monoisotopic (exact) mass is 211 g/mol. The fourth-order valence-electron chi connectivity index (χ4n) is 1.22. The lowest BCUT2D eigenvalue weighted by atomic mass is 10.2. The van der Waals surface area contributed by atoms with Crippen molar-refractivity contribution in [1.82, 2.24) is 15.5 Å². The summed E-state index contributed by atoms with van der Waals surface area (Å²) in [4.78, 5) is 15.3. The number of nitrogens with zero attached hydrogens (tertiary/aromatic N) is 2. The third-order valence-electron chi connectivity index (χ3n) is 1.99. The first-order chi connectivity index (χ1) is 7.22. The van der Waals surface area contributed by atoms with Crippen LogP contribution in [-0.4, -0.2) is 22.6 Å². The predicted molar refractivity (Wildman–Crippen MR) is 55.3 cm³/mol. The minimum atomic E-state index is -0.0492. The molecule has 1 amide bonds. The van der Waals surface area contributed by atoms with Crippen molar-refractivity contribution in [2.24, 2.45) is 0 Å². The molecule has 0 saturated heterocycles. The second-order valence-electron chi connectivity index (χ2n) is 3.46. The van der Waals surface area contributed by atoms with Gasteiger partial charge in [-0.05, 0) is 6.42 Å². The molecular formula is C10H17N3O2. The van der Waals surface area contributed by atoms with Gasteiger partial charge in [0.25, 0.3) is 0 Å². The predicted octanol–water partition coefficient (Wildman–Crippen LogP) is 1.23. The summed E-state index contributed by atoms with van der Waals surface area (Å²) in [6, 6.07) is 0. The Morgan fingerprint density at radius 2 is 2.27 bits per heavy atom. The summed E-state index contributed by atoms with van der Waals surface area (Å²) in [5, 5.41) is 6.47. The third-order valence-corrected chi connectivity index (χ3v) is 1.99. The van der Waals surface area contributed by atoms with Crippen molar-refractivity contribution < 1.29 is 9.32 Å². The Bertz CT molecular complexity index is 309. The van der Waals surface area contributed by atoms with Gasteiger partial charge in [0, 0.05) is 13.5 Å². The van der Waals surface area contributed by atoms with Crippen molar-refractivity contribution in [2.45, 2.75) is 39.5 Å². The fourth-order valence-corrected chi connectivity index (χ4v) is 1.22. The minimum Gasteiger partial charge on any atom is -0.356 e. The van der Waals surface area contributed by atoms with E-state index in [9.17, 15) is 4.79 Å². The molecule has 5 nitrogen and oxygen atoms in total. The van der Waals surface area contributed by atoms with Gasteiger partial charge in [-0.25, -0.2) is 0 Å². The number of carbonyl (C=O) groups is 1. The topological polar surface area (TPSA) is 68.0 Å². The normalized spacial score (nSPS) is 10.3. The summed E-state index contributed by atoms with van der Waals surface area (Å²) < 4.78 is 4.77. The van der Waals surface area contributed by atoms with Crippen molar-refractivity contribution in [2.75, 3.05) is 6.54 Å². The van der Waals surface area contributed by atoms with E-state index in [-0.39, 0.29) is 12.3 Å². The van der Waals surface area contributed by atoms with Gasteiger partial charge in [0.15, 0.2) is 5.82 Å². The quantitative estimate of drug-likeness (QED) is 0.718. The first-order valence-corrected chi connectivity index (χ1v) is 5.28. The highest BCUT2D eigenvalue weighted by Gasteiger charge is 2.07. The van der Waals surface area contributed by atoms with Crippen LogP contribution in [0.1, 0.15) is 37.9 Å². The first-order valence-electron chi connectivity index (χ1n) is 5.28. The molecule has 5 heteroatoms. The number of aromatic nitrogens is 2. The molecule has 1 heterocycles. The zero-order chi connectivity index (χ0) is 11.1. The lowest BCUT2D eigenvalue weighted by Crippen LogP contribution is -2.26. The van der Waals surface area contributed by atoms with Crippen LogP contribution in [0.25, 0.3) is 0 Å². The molecule has 0 aliphatic heterocycles. The number of hydrogen-bond acceptors (Lipinski definition) is 4. The van der Waals surface area contributed by atoms with Crippen molar-refractivity contribution in [3.05, 3.63) is 11.7 Å². The zero-order valence-electron chi connectivity index (χ0n) is 9.25. The van der Waals surface area contributed by atoms with Crippen molar-refractivity contribution in [3.8, 4) is 0 Å². The Morgan fingerprint density at radius 1 is 1.47 bits per heavy atom. The maximum absolute atomic E-state index is 11.4. The summed E-state index contributed by atoms with van der Waals surface area (Å²) in [5.74, 6) is 0.885. The van der Waals surface area contributed by atoms with Crippen LogP contribution in [0.2, 0.25) is 0 Å². The van der Waals surface area contributed by atoms with Gasteiger partial charge in [-0.15, -0.1) is 0 Å². The number of rotatable bonds is 6. The molecule has 0 spiro atoms. The molecule has 0 bridgehead atoms. The molecule has 0 radical (unpaired) electrons. The van der Waals surface area contributed by atoms with Crippen LogP contribution < -0.4 is 5.32 Å². The maximum atomic E-state index is 11.4. The average molecular weight is 211 g/mol. The van der Waals surface area contributed by atoms with Crippen molar-refractivity contribution >= 4 is 5.91 Å². The van der Waals surface area contributed by atoms with E-state index >= 15 is 0 Å². The van der Waals surface area contributed by atoms with Gasteiger partial charge < -0.3 is 9.84 Å². The van der Waals surface area contributed by atoms with Gasteiger partial charge in [0.2, 0.25) is 11.8 Å². The highest BCUT2D eigenvalue weighted by atomic mass is 16.5. The number of amides is 1. The molecule has 0 atom stereocenters. The largest absolute Gasteiger partial charge is 0.356 e. The smallest absolute Gasteiger partial charge is 0.227 e. The van der Waals surface area contributed by atoms with E-state index < -0.39 is 0 Å². The Labute approximate surface area is 89.2 Å². The van der Waals surface area contributed by atoms with E-state index in [2.05, 4.69) is 22.4 Å². The molecule has 0 unspecified atom stereocenters. The van der Waals surface area contributed by atoms with Crippen LogP contribution in [0.4, 0.5) is 0 Å². The van der Waals surface area contributed by atoms with Crippen LogP contribution in [0.3, 0.4) is 0 Å². The second-order valence-corrected chi connectivity index (χ2v) is 3.46. The third kappa shape index (κ3) is 4.58. The lowest BCUT2D eigenvalue weighted by molar-refractivity contribution is -0.120. The SMILES string of the molecule is CCCCCNC(=O)Cc1noc(C)n1. The molecule has 15 heavy (non-hydrogen) atoms. The Balaban J connectivity index is 2.18. The second kappa shape index (κ2) is 6.16.